The largest absolute Gasteiger partial charge is 0.379 e. The summed E-state index contributed by atoms with van der Waals surface area (Å²) < 4.78 is 5.41. The maximum absolute atomic E-state index is 5.41. The van der Waals surface area contributed by atoms with Gasteiger partial charge in [0.15, 0.2) is 0 Å². The fraction of sp³-hybridized carbons (Fsp3) is 1.00. The van der Waals surface area contributed by atoms with Crippen LogP contribution in [0.15, 0.2) is 0 Å². The van der Waals surface area contributed by atoms with Crippen LogP contribution in [0.5, 0.6) is 0 Å². The summed E-state index contributed by atoms with van der Waals surface area (Å²) in [5.74, 6) is 0. The Bertz CT molecular complexity index is 112. The van der Waals surface area contributed by atoms with Crippen molar-refractivity contribution < 1.29 is 4.74 Å². The molecule has 0 bridgehead atoms. The SMILES string of the molecule is CCCCN(CCCC)CCOCCN. The molecule has 15 heavy (non-hydrogen) atoms. The summed E-state index contributed by atoms with van der Waals surface area (Å²) in [7, 11) is 0. The minimum atomic E-state index is 0.629. The molecular weight excluding hydrogens is 188 g/mol. The molecule has 3 heteroatoms. The van der Waals surface area contributed by atoms with Gasteiger partial charge < -0.3 is 15.4 Å². The average molecular weight is 216 g/mol. The lowest BCUT2D eigenvalue weighted by molar-refractivity contribution is 0.108. The second kappa shape index (κ2) is 12.0. The molecule has 0 heterocycles. The molecule has 0 amide bonds. The monoisotopic (exact) mass is 216 g/mol. The molecule has 0 spiro atoms. The molecule has 0 aliphatic heterocycles. The van der Waals surface area contributed by atoms with Crippen molar-refractivity contribution in [2.75, 3.05) is 39.4 Å². The number of ether oxygens (including phenoxy) is 1. The van der Waals surface area contributed by atoms with Crippen LogP contribution in [0.3, 0.4) is 0 Å². The highest BCUT2D eigenvalue weighted by molar-refractivity contribution is 4.57. The van der Waals surface area contributed by atoms with Crippen LogP contribution >= 0.6 is 0 Å². The Balaban J connectivity index is 3.49. The quantitative estimate of drug-likeness (QED) is 0.536. The summed E-state index contributed by atoms with van der Waals surface area (Å²) in [4.78, 5) is 2.50. The Morgan fingerprint density at radius 3 is 2.00 bits per heavy atom. The average Bonchev–Trinajstić information content (AvgIpc) is 2.27. The summed E-state index contributed by atoms with van der Waals surface area (Å²) in [6, 6.07) is 0. The minimum Gasteiger partial charge on any atom is -0.379 e. The molecule has 0 aliphatic carbocycles. The molecule has 0 fully saturated rings. The van der Waals surface area contributed by atoms with Crippen molar-refractivity contribution in [2.45, 2.75) is 39.5 Å². The molecule has 2 N–H and O–H groups in total. The lowest BCUT2D eigenvalue weighted by Gasteiger charge is -2.21. The number of nitrogens with zero attached hydrogens (tertiary/aromatic N) is 1. The Morgan fingerprint density at radius 1 is 0.933 bits per heavy atom. The normalized spacial score (nSPS) is 11.2. The van der Waals surface area contributed by atoms with E-state index in [1.54, 1.807) is 0 Å². The lowest BCUT2D eigenvalue weighted by Crippen LogP contribution is -2.30. The van der Waals surface area contributed by atoms with Gasteiger partial charge in [0, 0.05) is 13.1 Å². The third kappa shape index (κ3) is 10.2. The first-order valence-electron chi connectivity index (χ1n) is 6.35. The Hall–Kier alpha value is -0.120. The van der Waals surface area contributed by atoms with E-state index < -0.39 is 0 Å². The molecule has 0 aromatic rings. The van der Waals surface area contributed by atoms with Crippen molar-refractivity contribution in [1.82, 2.24) is 4.90 Å². The first-order valence-corrected chi connectivity index (χ1v) is 6.35. The summed E-state index contributed by atoms with van der Waals surface area (Å²) in [6.45, 7) is 10.1. The fourth-order valence-corrected chi connectivity index (χ4v) is 1.48. The van der Waals surface area contributed by atoms with E-state index in [0.29, 0.717) is 13.2 Å². The molecule has 0 radical (unpaired) electrons. The van der Waals surface area contributed by atoms with E-state index in [0.717, 1.165) is 13.2 Å². The standard InChI is InChI=1S/C12H28N2O/c1-3-5-8-14(9-6-4-2)10-12-15-11-7-13/h3-13H2,1-2H3. The summed E-state index contributed by atoms with van der Waals surface area (Å²) >= 11 is 0. The number of hydrogen-bond acceptors (Lipinski definition) is 3. The molecular formula is C12H28N2O. The molecule has 0 saturated carbocycles. The van der Waals surface area contributed by atoms with Crippen LogP contribution in [0.1, 0.15) is 39.5 Å². The maximum atomic E-state index is 5.41. The number of unbranched alkanes of at least 4 members (excludes halogenated alkanes) is 2. The first kappa shape index (κ1) is 14.9. The highest BCUT2D eigenvalue weighted by Gasteiger charge is 2.02. The summed E-state index contributed by atoms with van der Waals surface area (Å²) in [6.07, 6.45) is 5.12. The summed E-state index contributed by atoms with van der Waals surface area (Å²) in [5.41, 5.74) is 5.37. The van der Waals surface area contributed by atoms with Gasteiger partial charge in [0.2, 0.25) is 0 Å². The van der Waals surface area contributed by atoms with Gasteiger partial charge in [-0.2, -0.15) is 0 Å². The van der Waals surface area contributed by atoms with Gasteiger partial charge in [0.1, 0.15) is 0 Å². The van der Waals surface area contributed by atoms with Gasteiger partial charge in [0.05, 0.1) is 13.2 Å². The molecule has 0 rings (SSSR count). The van der Waals surface area contributed by atoms with Crippen LogP contribution in [0.2, 0.25) is 0 Å². The predicted octanol–water partition coefficient (Wildman–Crippen LogP) is 1.86. The van der Waals surface area contributed by atoms with Crippen LogP contribution in [0.4, 0.5) is 0 Å². The molecule has 92 valence electrons. The van der Waals surface area contributed by atoms with Crippen LogP contribution in [0.25, 0.3) is 0 Å². The first-order chi connectivity index (χ1) is 7.35. The fourth-order valence-electron chi connectivity index (χ4n) is 1.48. The van der Waals surface area contributed by atoms with Crippen molar-refractivity contribution in [3.8, 4) is 0 Å². The zero-order valence-corrected chi connectivity index (χ0v) is 10.5. The second-order valence-corrected chi connectivity index (χ2v) is 3.95. The van der Waals surface area contributed by atoms with Gasteiger partial charge in [-0.05, 0) is 25.9 Å². The van der Waals surface area contributed by atoms with Gasteiger partial charge in [0.25, 0.3) is 0 Å². The van der Waals surface area contributed by atoms with Crippen LogP contribution in [0, 0.1) is 0 Å². The minimum absolute atomic E-state index is 0.629. The van der Waals surface area contributed by atoms with Gasteiger partial charge >= 0.3 is 0 Å². The van der Waals surface area contributed by atoms with E-state index in [4.69, 9.17) is 10.5 Å². The van der Waals surface area contributed by atoms with Gasteiger partial charge in [-0.3, -0.25) is 0 Å². The van der Waals surface area contributed by atoms with Crippen LogP contribution < -0.4 is 5.73 Å². The molecule has 3 nitrogen and oxygen atoms in total. The van der Waals surface area contributed by atoms with Crippen LogP contribution in [-0.4, -0.2) is 44.3 Å². The van der Waals surface area contributed by atoms with Crippen molar-refractivity contribution in [1.29, 1.82) is 0 Å². The van der Waals surface area contributed by atoms with Crippen molar-refractivity contribution in [2.24, 2.45) is 5.73 Å². The smallest absolute Gasteiger partial charge is 0.0594 e. The molecule has 0 saturated heterocycles. The van der Waals surface area contributed by atoms with Crippen molar-refractivity contribution in [3.05, 3.63) is 0 Å². The van der Waals surface area contributed by atoms with E-state index in [-0.39, 0.29) is 0 Å². The third-order valence-electron chi connectivity index (χ3n) is 2.47. The zero-order valence-electron chi connectivity index (χ0n) is 10.5. The Labute approximate surface area is 95.0 Å². The molecule has 0 aromatic carbocycles. The highest BCUT2D eigenvalue weighted by Crippen LogP contribution is 1.98. The van der Waals surface area contributed by atoms with E-state index >= 15 is 0 Å². The highest BCUT2D eigenvalue weighted by atomic mass is 16.5. The zero-order chi connectivity index (χ0) is 11.4. The van der Waals surface area contributed by atoms with Gasteiger partial charge in [-0.25, -0.2) is 0 Å². The molecule has 0 aromatic heterocycles. The molecule has 0 aliphatic rings. The van der Waals surface area contributed by atoms with E-state index in [2.05, 4.69) is 18.7 Å². The van der Waals surface area contributed by atoms with E-state index in [1.165, 1.54) is 38.8 Å². The molecule has 0 atom stereocenters. The summed E-state index contributed by atoms with van der Waals surface area (Å²) in [5, 5.41) is 0. The topological polar surface area (TPSA) is 38.5 Å². The third-order valence-corrected chi connectivity index (χ3v) is 2.47. The van der Waals surface area contributed by atoms with Gasteiger partial charge in [-0.1, -0.05) is 26.7 Å². The lowest BCUT2D eigenvalue weighted by atomic mass is 10.2. The van der Waals surface area contributed by atoms with Crippen molar-refractivity contribution >= 4 is 0 Å². The van der Waals surface area contributed by atoms with Crippen LogP contribution in [-0.2, 0) is 4.74 Å². The Morgan fingerprint density at radius 2 is 1.53 bits per heavy atom. The number of rotatable bonds is 11. The van der Waals surface area contributed by atoms with E-state index in [9.17, 15) is 0 Å². The van der Waals surface area contributed by atoms with Crippen molar-refractivity contribution in [3.63, 3.8) is 0 Å². The number of nitrogens with two attached hydrogens (primary N) is 1. The predicted molar refractivity (Wildman–Crippen MR) is 66.1 cm³/mol. The van der Waals surface area contributed by atoms with Gasteiger partial charge in [-0.15, -0.1) is 0 Å². The number of hydrogen-bond donors (Lipinski definition) is 1. The second-order valence-electron chi connectivity index (χ2n) is 3.95. The Kier molecular flexibility index (Phi) is 11.9. The maximum Gasteiger partial charge on any atom is 0.0594 e. The molecule has 0 unspecified atom stereocenters. The van der Waals surface area contributed by atoms with E-state index in [1.807, 2.05) is 0 Å².